The molecule has 0 radical (unpaired) electrons. The summed E-state index contributed by atoms with van der Waals surface area (Å²) < 4.78 is 1.42. The van der Waals surface area contributed by atoms with Gasteiger partial charge in [0, 0.05) is 0 Å². The van der Waals surface area contributed by atoms with Gasteiger partial charge in [-0.15, -0.1) is 0 Å². The number of nitrogen functional groups attached to an aromatic ring is 1. The van der Waals surface area contributed by atoms with Crippen LogP contribution < -0.4 is 5.73 Å². The summed E-state index contributed by atoms with van der Waals surface area (Å²) in [5.74, 6) is 0. The Morgan fingerprint density at radius 2 is 2.40 bits per heavy atom. The molecule has 1 aromatic rings. The van der Waals surface area contributed by atoms with Crippen LogP contribution in [0.15, 0.2) is 6.20 Å². The molecule has 4 heteroatoms. The lowest BCUT2D eigenvalue weighted by molar-refractivity contribution is 0.110. The molecule has 0 aliphatic carbocycles. The monoisotopic (exact) mass is 141 g/mol. The lowest BCUT2D eigenvalue weighted by Crippen LogP contribution is -2.03. The lowest BCUT2D eigenvalue weighted by atomic mass is 10.4. The molecule has 0 spiro atoms. The third kappa shape index (κ3) is 1.11. The quantitative estimate of drug-likeness (QED) is 0.590. The van der Waals surface area contributed by atoms with Crippen molar-refractivity contribution in [3.63, 3.8) is 0 Å². The summed E-state index contributed by atoms with van der Waals surface area (Å²) >= 11 is 0. The van der Waals surface area contributed by atoms with Crippen LogP contribution in [0.3, 0.4) is 0 Å². The fraction of sp³-hybridized carbons (Fsp3) is 0.500. The van der Waals surface area contributed by atoms with E-state index < -0.39 is 6.23 Å². The predicted octanol–water partition coefficient (Wildman–Crippen LogP) is 0.285. The summed E-state index contributed by atoms with van der Waals surface area (Å²) in [7, 11) is 0. The van der Waals surface area contributed by atoms with Gasteiger partial charge in [0.15, 0.2) is 0 Å². The largest absolute Gasteiger partial charge is 0.396 e. The maximum absolute atomic E-state index is 9.01. The second-order valence-corrected chi connectivity index (χ2v) is 2.28. The second kappa shape index (κ2) is 2.30. The molecule has 1 rings (SSSR count). The first-order valence-corrected chi connectivity index (χ1v) is 3.10. The van der Waals surface area contributed by atoms with Crippen molar-refractivity contribution in [2.45, 2.75) is 20.1 Å². The average molecular weight is 141 g/mol. The van der Waals surface area contributed by atoms with Gasteiger partial charge in [0.05, 0.1) is 17.6 Å². The predicted molar refractivity (Wildman–Crippen MR) is 38.3 cm³/mol. The number of rotatable bonds is 1. The highest BCUT2D eigenvalue weighted by Crippen LogP contribution is 2.09. The van der Waals surface area contributed by atoms with Crippen molar-refractivity contribution >= 4 is 5.69 Å². The van der Waals surface area contributed by atoms with Gasteiger partial charge in [-0.25, -0.2) is 4.68 Å². The van der Waals surface area contributed by atoms with Gasteiger partial charge < -0.3 is 10.8 Å². The van der Waals surface area contributed by atoms with Crippen LogP contribution in [-0.4, -0.2) is 14.9 Å². The zero-order chi connectivity index (χ0) is 7.72. The summed E-state index contributed by atoms with van der Waals surface area (Å²) in [6.07, 6.45) is 1.01. The Kier molecular flexibility index (Phi) is 1.63. The molecule has 0 bridgehead atoms. The van der Waals surface area contributed by atoms with Crippen molar-refractivity contribution in [2.24, 2.45) is 0 Å². The second-order valence-electron chi connectivity index (χ2n) is 2.28. The molecule has 4 nitrogen and oxygen atoms in total. The number of aliphatic hydroxyl groups excluding tert-OH is 1. The Morgan fingerprint density at radius 3 is 2.60 bits per heavy atom. The minimum absolute atomic E-state index is 0.601. The van der Waals surface area contributed by atoms with Gasteiger partial charge in [-0.3, -0.25) is 0 Å². The normalized spacial score (nSPS) is 13.5. The number of anilines is 1. The highest BCUT2D eigenvalue weighted by atomic mass is 16.3. The van der Waals surface area contributed by atoms with E-state index in [0.29, 0.717) is 5.69 Å². The number of aliphatic hydroxyl groups is 1. The fourth-order valence-corrected chi connectivity index (χ4v) is 0.687. The van der Waals surface area contributed by atoms with Crippen molar-refractivity contribution in [1.82, 2.24) is 9.78 Å². The van der Waals surface area contributed by atoms with E-state index in [9.17, 15) is 0 Å². The highest BCUT2D eigenvalue weighted by Gasteiger charge is 2.03. The number of aryl methyl sites for hydroxylation is 1. The Labute approximate surface area is 59.3 Å². The van der Waals surface area contributed by atoms with Gasteiger partial charge in [0.25, 0.3) is 0 Å². The maximum atomic E-state index is 9.01. The molecule has 0 aliphatic rings. The van der Waals surface area contributed by atoms with E-state index >= 15 is 0 Å². The van der Waals surface area contributed by atoms with Gasteiger partial charge in [-0.2, -0.15) is 5.10 Å². The first kappa shape index (κ1) is 7.08. The SMILES string of the molecule is Cc1nn(C(C)O)cc1N. The Hall–Kier alpha value is -1.03. The molecule has 1 heterocycles. The molecule has 1 atom stereocenters. The molecule has 10 heavy (non-hydrogen) atoms. The van der Waals surface area contributed by atoms with Crippen molar-refractivity contribution < 1.29 is 5.11 Å². The van der Waals surface area contributed by atoms with Crippen molar-refractivity contribution in [2.75, 3.05) is 5.73 Å². The third-order valence-corrected chi connectivity index (χ3v) is 1.34. The molecule has 56 valence electrons. The Morgan fingerprint density at radius 1 is 1.80 bits per heavy atom. The Balaban J connectivity index is 2.98. The maximum Gasteiger partial charge on any atom is 0.144 e. The molecule has 0 aliphatic heterocycles. The molecule has 0 fully saturated rings. The van der Waals surface area contributed by atoms with Crippen LogP contribution in [-0.2, 0) is 0 Å². The van der Waals surface area contributed by atoms with E-state index in [0.717, 1.165) is 5.69 Å². The molecule has 0 saturated heterocycles. The summed E-state index contributed by atoms with van der Waals surface area (Å²) in [6.45, 7) is 3.43. The Bertz CT molecular complexity index is 209. The van der Waals surface area contributed by atoms with Crippen LogP contribution in [0.1, 0.15) is 18.8 Å². The average Bonchev–Trinajstić information content (AvgIpc) is 2.13. The number of hydrogen-bond donors (Lipinski definition) is 2. The minimum atomic E-state index is -0.601. The van der Waals surface area contributed by atoms with Crippen LogP contribution in [0.4, 0.5) is 5.69 Å². The molecular weight excluding hydrogens is 130 g/mol. The summed E-state index contributed by atoms with van der Waals surface area (Å²) in [6, 6.07) is 0. The van der Waals surface area contributed by atoms with Crippen molar-refractivity contribution in [3.8, 4) is 0 Å². The molecule has 1 unspecified atom stereocenters. The molecule has 0 aromatic carbocycles. The molecule has 0 saturated carbocycles. The summed E-state index contributed by atoms with van der Waals surface area (Å²) in [4.78, 5) is 0. The lowest BCUT2D eigenvalue weighted by Gasteiger charge is -2.01. The number of nitrogens with zero attached hydrogens (tertiary/aromatic N) is 2. The first-order valence-electron chi connectivity index (χ1n) is 3.10. The van der Waals surface area contributed by atoms with E-state index in [1.165, 1.54) is 4.68 Å². The summed E-state index contributed by atoms with van der Waals surface area (Å²) in [5, 5.41) is 13.0. The number of hydrogen-bond acceptors (Lipinski definition) is 3. The third-order valence-electron chi connectivity index (χ3n) is 1.34. The van der Waals surface area contributed by atoms with Crippen molar-refractivity contribution in [1.29, 1.82) is 0 Å². The van der Waals surface area contributed by atoms with E-state index in [4.69, 9.17) is 10.8 Å². The standard InChI is InChI=1S/C6H11N3O/c1-4-6(7)3-9(8-4)5(2)10/h3,5,10H,7H2,1-2H3. The van der Waals surface area contributed by atoms with Crippen LogP contribution >= 0.6 is 0 Å². The van der Waals surface area contributed by atoms with E-state index in [2.05, 4.69) is 5.10 Å². The zero-order valence-electron chi connectivity index (χ0n) is 6.07. The van der Waals surface area contributed by atoms with E-state index in [1.54, 1.807) is 20.0 Å². The van der Waals surface area contributed by atoms with Crippen LogP contribution in [0.5, 0.6) is 0 Å². The zero-order valence-corrected chi connectivity index (χ0v) is 6.07. The van der Waals surface area contributed by atoms with E-state index in [-0.39, 0.29) is 0 Å². The molecule has 0 amide bonds. The van der Waals surface area contributed by atoms with Gasteiger partial charge >= 0.3 is 0 Å². The van der Waals surface area contributed by atoms with Gasteiger partial charge in [-0.05, 0) is 13.8 Å². The fourth-order valence-electron chi connectivity index (χ4n) is 0.687. The van der Waals surface area contributed by atoms with Gasteiger partial charge in [0.1, 0.15) is 6.23 Å². The summed E-state index contributed by atoms with van der Waals surface area (Å²) in [5.41, 5.74) is 6.85. The number of aromatic nitrogens is 2. The minimum Gasteiger partial charge on any atom is -0.396 e. The van der Waals surface area contributed by atoms with Gasteiger partial charge in [-0.1, -0.05) is 0 Å². The number of nitrogens with two attached hydrogens (primary N) is 1. The topological polar surface area (TPSA) is 64.1 Å². The van der Waals surface area contributed by atoms with Crippen LogP contribution in [0.2, 0.25) is 0 Å². The molecule has 1 aromatic heterocycles. The smallest absolute Gasteiger partial charge is 0.144 e. The molecular formula is C6H11N3O. The highest BCUT2D eigenvalue weighted by molar-refractivity contribution is 5.39. The molecule has 3 N–H and O–H groups in total. The van der Waals surface area contributed by atoms with Crippen LogP contribution in [0, 0.1) is 6.92 Å². The first-order chi connectivity index (χ1) is 4.61. The van der Waals surface area contributed by atoms with Crippen LogP contribution in [0.25, 0.3) is 0 Å². The van der Waals surface area contributed by atoms with E-state index in [1.807, 2.05) is 0 Å². The van der Waals surface area contributed by atoms with Crippen molar-refractivity contribution in [3.05, 3.63) is 11.9 Å². The van der Waals surface area contributed by atoms with Gasteiger partial charge in [0.2, 0.25) is 0 Å².